The first-order valence-corrected chi connectivity index (χ1v) is 9.20. The number of nitrogens with one attached hydrogen (secondary N) is 2. The summed E-state index contributed by atoms with van der Waals surface area (Å²) >= 11 is 0. The molecule has 2 N–H and O–H groups in total. The van der Waals surface area contributed by atoms with Gasteiger partial charge < -0.3 is 5.32 Å². The molecule has 0 saturated carbocycles. The number of benzene rings is 1. The summed E-state index contributed by atoms with van der Waals surface area (Å²) in [4.78, 5) is 37.9. The molecule has 3 aromatic heterocycles. The second kappa shape index (κ2) is 7.67. The number of fused-ring (bicyclic) bond motifs is 1. The molecule has 0 spiro atoms. The highest BCUT2D eigenvalue weighted by Crippen LogP contribution is 2.22. The van der Waals surface area contributed by atoms with Crippen LogP contribution in [0.15, 0.2) is 59.9 Å². The lowest BCUT2D eigenvalue weighted by Crippen LogP contribution is -2.33. The summed E-state index contributed by atoms with van der Waals surface area (Å²) in [6, 6.07) is 11.4. The van der Waals surface area contributed by atoms with Gasteiger partial charge in [0.2, 0.25) is 5.91 Å². The van der Waals surface area contributed by atoms with Gasteiger partial charge in [-0.15, -0.1) is 0 Å². The molecule has 0 aliphatic rings. The van der Waals surface area contributed by atoms with Crippen LogP contribution in [0.1, 0.15) is 34.0 Å². The lowest BCUT2D eigenvalue weighted by molar-refractivity contribution is -0.121. The van der Waals surface area contributed by atoms with Gasteiger partial charge in [0, 0.05) is 18.0 Å². The largest absolute Gasteiger partial charge is 0.345 e. The number of H-pyrrole nitrogens is 1. The molecular weight excluding hydrogens is 368 g/mol. The summed E-state index contributed by atoms with van der Waals surface area (Å²) in [6.45, 7) is 3.72. The van der Waals surface area contributed by atoms with Gasteiger partial charge in [-0.2, -0.15) is 4.52 Å². The molecule has 0 aliphatic heterocycles. The number of hydrogen-bond acceptors (Lipinski definition) is 5. The molecule has 1 aromatic carbocycles. The van der Waals surface area contributed by atoms with Crippen LogP contribution < -0.4 is 10.9 Å². The summed E-state index contributed by atoms with van der Waals surface area (Å²) in [5.74, 6) is 0.0137. The average Bonchev–Trinajstić information content (AvgIpc) is 3.19. The molecule has 0 bridgehead atoms. The van der Waals surface area contributed by atoms with E-state index in [0.717, 1.165) is 16.7 Å². The summed E-state index contributed by atoms with van der Waals surface area (Å²) < 4.78 is 1.23. The van der Waals surface area contributed by atoms with E-state index >= 15 is 0 Å². The predicted octanol–water partition coefficient (Wildman–Crippen LogP) is 1.88. The van der Waals surface area contributed by atoms with Gasteiger partial charge in [-0.3, -0.25) is 19.7 Å². The molecule has 1 atom stereocenters. The van der Waals surface area contributed by atoms with Gasteiger partial charge in [0.05, 0.1) is 18.2 Å². The number of pyridine rings is 1. The van der Waals surface area contributed by atoms with Crippen LogP contribution in [0.2, 0.25) is 0 Å². The molecule has 1 amide bonds. The minimum atomic E-state index is -0.349. The van der Waals surface area contributed by atoms with Crippen molar-refractivity contribution in [1.82, 2.24) is 29.9 Å². The molecule has 146 valence electrons. The summed E-state index contributed by atoms with van der Waals surface area (Å²) in [5, 5.41) is 5.76. The van der Waals surface area contributed by atoms with Crippen LogP contribution in [-0.2, 0) is 11.2 Å². The fraction of sp³-hybridized carbons (Fsp3) is 0.190. The first-order valence-electron chi connectivity index (χ1n) is 9.20. The maximum absolute atomic E-state index is 12.9. The van der Waals surface area contributed by atoms with Gasteiger partial charge in [-0.1, -0.05) is 29.8 Å². The Hall–Kier alpha value is -3.81. The van der Waals surface area contributed by atoms with E-state index in [1.165, 1.54) is 10.8 Å². The quantitative estimate of drug-likeness (QED) is 0.543. The molecule has 4 rings (SSSR count). The van der Waals surface area contributed by atoms with E-state index in [2.05, 4.69) is 25.4 Å². The van der Waals surface area contributed by atoms with E-state index in [1.54, 1.807) is 19.3 Å². The number of rotatable bonds is 5. The number of carbonyl (C=O) groups excluding carboxylic acids is 1. The van der Waals surface area contributed by atoms with Gasteiger partial charge in [-0.25, -0.2) is 9.97 Å². The highest BCUT2D eigenvalue weighted by molar-refractivity contribution is 5.79. The van der Waals surface area contributed by atoms with Gasteiger partial charge in [0.1, 0.15) is 6.33 Å². The molecule has 3 heterocycles. The molecular formula is C21H20N6O2. The van der Waals surface area contributed by atoms with Crippen LogP contribution in [0.25, 0.3) is 5.78 Å². The third-order valence-electron chi connectivity index (χ3n) is 4.83. The monoisotopic (exact) mass is 388 g/mol. The Morgan fingerprint density at radius 2 is 1.79 bits per heavy atom. The Morgan fingerprint density at radius 3 is 2.52 bits per heavy atom. The zero-order valence-corrected chi connectivity index (χ0v) is 16.1. The third-order valence-corrected chi connectivity index (χ3v) is 4.83. The van der Waals surface area contributed by atoms with Crippen LogP contribution in [-0.4, -0.2) is 30.5 Å². The van der Waals surface area contributed by atoms with Crippen molar-refractivity contribution in [3.63, 3.8) is 0 Å². The maximum Gasteiger partial charge on any atom is 0.277 e. The van der Waals surface area contributed by atoms with E-state index in [4.69, 9.17) is 0 Å². The smallest absolute Gasteiger partial charge is 0.277 e. The normalized spacial score (nSPS) is 12.1. The number of nitrogens with zero attached hydrogens (tertiary/aromatic N) is 4. The minimum Gasteiger partial charge on any atom is -0.345 e. The molecule has 8 nitrogen and oxygen atoms in total. The second-order valence-electron chi connectivity index (χ2n) is 6.87. The molecule has 0 saturated heterocycles. The number of carbonyl (C=O) groups is 1. The molecule has 1 unspecified atom stereocenters. The maximum atomic E-state index is 12.9. The van der Waals surface area contributed by atoms with Crippen molar-refractivity contribution in [3.05, 3.63) is 93.4 Å². The van der Waals surface area contributed by atoms with Gasteiger partial charge in [-0.05, 0) is 37.1 Å². The Bertz CT molecular complexity index is 1210. The third kappa shape index (κ3) is 3.77. The molecule has 4 aromatic rings. The van der Waals surface area contributed by atoms with Gasteiger partial charge in [0.25, 0.3) is 11.3 Å². The Morgan fingerprint density at radius 1 is 1.10 bits per heavy atom. The van der Waals surface area contributed by atoms with E-state index in [0.29, 0.717) is 11.3 Å². The zero-order valence-electron chi connectivity index (χ0n) is 16.1. The average molecular weight is 388 g/mol. The summed E-state index contributed by atoms with van der Waals surface area (Å²) in [5.41, 5.74) is 3.50. The minimum absolute atomic E-state index is 0.0763. The number of aromatic amines is 1. The topological polar surface area (TPSA) is 105 Å². The lowest BCUT2D eigenvalue weighted by atomic mass is 9.98. The highest BCUT2D eigenvalue weighted by atomic mass is 16.2. The number of hydrogen-bond donors (Lipinski definition) is 2. The number of aromatic nitrogens is 5. The first-order chi connectivity index (χ1) is 14.0. The summed E-state index contributed by atoms with van der Waals surface area (Å²) in [6.07, 6.45) is 4.70. The van der Waals surface area contributed by atoms with Crippen LogP contribution >= 0.6 is 0 Å². The fourth-order valence-electron chi connectivity index (χ4n) is 3.25. The van der Waals surface area contributed by atoms with Gasteiger partial charge in [0.15, 0.2) is 0 Å². The van der Waals surface area contributed by atoms with Crippen LogP contribution in [0.5, 0.6) is 0 Å². The zero-order chi connectivity index (χ0) is 20.4. The van der Waals surface area contributed by atoms with Crippen molar-refractivity contribution in [3.8, 4) is 0 Å². The van der Waals surface area contributed by atoms with Crippen molar-refractivity contribution >= 4 is 11.7 Å². The SMILES string of the molecule is Cc1ccc(C(NC(=O)Cc2c(C)nc3nc[nH]n3c2=O)c2ccncc2)cc1. The van der Waals surface area contributed by atoms with Crippen molar-refractivity contribution in [2.24, 2.45) is 0 Å². The molecule has 8 heteroatoms. The Kier molecular flexibility index (Phi) is 4.90. The van der Waals surface area contributed by atoms with E-state index in [1.807, 2.05) is 43.3 Å². The van der Waals surface area contributed by atoms with E-state index in [-0.39, 0.29) is 29.7 Å². The number of amides is 1. The highest BCUT2D eigenvalue weighted by Gasteiger charge is 2.20. The predicted molar refractivity (Wildman–Crippen MR) is 107 cm³/mol. The molecule has 0 fully saturated rings. The molecule has 29 heavy (non-hydrogen) atoms. The Labute approximate surface area is 166 Å². The molecule has 0 radical (unpaired) electrons. The van der Waals surface area contributed by atoms with Crippen LogP contribution in [0, 0.1) is 13.8 Å². The van der Waals surface area contributed by atoms with Crippen molar-refractivity contribution < 1.29 is 4.79 Å². The number of aryl methyl sites for hydroxylation is 2. The van der Waals surface area contributed by atoms with E-state index in [9.17, 15) is 9.59 Å². The summed E-state index contributed by atoms with van der Waals surface area (Å²) in [7, 11) is 0. The van der Waals surface area contributed by atoms with Crippen molar-refractivity contribution in [2.75, 3.05) is 0 Å². The lowest BCUT2D eigenvalue weighted by Gasteiger charge is -2.20. The first kappa shape index (κ1) is 18.5. The van der Waals surface area contributed by atoms with Crippen molar-refractivity contribution in [1.29, 1.82) is 0 Å². The van der Waals surface area contributed by atoms with Gasteiger partial charge >= 0.3 is 0 Å². The van der Waals surface area contributed by atoms with E-state index < -0.39 is 0 Å². The van der Waals surface area contributed by atoms with Crippen molar-refractivity contribution in [2.45, 2.75) is 26.3 Å². The Balaban J connectivity index is 1.64. The standard InChI is InChI=1S/C21H20N6O2/c1-13-3-5-15(6-4-13)19(16-7-9-22-10-8-16)26-18(28)11-17-14(2)25-21-23-12-24-27(21)20(17)29/h3-10,12,19H,11H2,1-2H3,(H,26,28)(H,23,24,25). The van der Waals surface area contributed by atoms with Crippen LogP contribution in [0.4, 0.5) is 0 Å². The van der Waals surface area contributed by atoms with Crippen LogP contribution in [0.3, 0.4) is 0 Å². The molecule has 0 aliphatic carbocycles. The fourth-order valence-corrected chi connectivity index (χ4v) is 3.25. The second-order valence-corrected chi connectivity index (χ2v) is 6.87.